The Morgan fingerprint density at radius 1 is 1.42 bits per heavy atom. The Balaban J connectivity index is 2.23. The van der Waals surface area contributed by atoms with Crippen LogP contribution in [0.25, 0.3) is 0 Å². The number of nitrogens with zero attached hydrogens (tertiary/aromatic N) is 2. The molecule has 1 aromatic rings. The highest BCUT2D eigenvalue weighted by Gasteiger charge is 2.33. The molecule has 4 nitrogen and oxygen atoms in total. The number of aryl methyl sites for hydroxylation is 1. The van der Waals surface area contributed by atoms with Crippen LogP contribution in [-0.4, -0.2) is 22.7 Å². The minimum atomic E-state index is -0.483. The smallest absolute Gasteiger partial charge is 0.416 e. The molecule has 1 aromatic heterocycles. The number of carbonyl (C=O) groups excluding carboxylic acids is 1. The molecule has 0 bridgehead atoms. The van der Waals surface area contributed by atoms with Gasteiger partial charge in [-0.15, -0.1) is 0 Å². The minimum Gasteiger partial charge on any atom is -0.443 e. The van der Waals surface area contributed by atoms with Gasteiger partial charge in [-0.1, -0.05) is 0 Å². The fraction of sp³-hybridized carbons (Fsp3) is 0.600. The highest BCUT2D eigenvalue weighted by molar-refractivity contribution is 5.87. The predicted octanol–water partition coefficient (Wildman–Crippen LogP) is 3.68. The summed E-state index contributed by atoms with van der Waals surface area (Å²) >= 11 is 0. The van der Waals surface area contributed by atoms with Crippen LogP contribution in [0.3, 0.4) is 0 Å². The molecule has 19 heavy (non-hydrogen) atoms. The molecule has 1 aliphatic carbocycles. The van der Waals surface area contributed by atoms with Crippen LogP contribution in [0.5, 0.6) is 0 Å². The summed E-state index contributed by atoms with van der Waals surface area (Å²) in [4.78, 5) is 18.4. The van der Waals surface area contributed by atoms with E-state index in [9.17, 15) is 4.79 Å². The number of amides is 1. The van der Waals surface area contributed by atoms with Crippen LogP contribution < -0.4 is 4.90 Å². The summed E-state index contributed by atoms with van der Waals surface area (Å²) < 4.78 is 5.50. The molecule has 0 unspecified atom stereocenters. The zero-order valence-electron chi connectivity index (χ0n) is 12.1. The summed E-state index contributed by atoms with van der Waals surface area (Å²) in [5.74, 6) is 0.693. The molecule has 4 heteroatoms. The lowest BCUT2D eigenvalue weighted by molar-refractivity contribution is 0.0548. The van der Waals surface area contributed by atoms with Gasteiger partial charge in [-0.25, -0.2) is 9.78 Å². The van der Waals surface area contributed by atoms with Gasteiger partial charge in [0.05, 0.1) is 0 Å². The maximum atomic E-state index is 12.4. The molecular formula is C15H22N2O2. The first-order valence-corrected chi connectivity index (χ1v) is 6.82. The number of carbonyl (C=O) groups is 1. The largest absolute Gasteiger partial charge is 0.443 e. The normalized spacial score (nSPS) is 15.8. The molecule has 1 aliphatic rings. The van der Waals surface area contributed by atoms with Gasteiger partial charge in [0.1, 0.15) is 11.4 Å². The zero-order chi connectivity index (χ0) is 14.0. The fourth-order valence-corrected chi connectivity index (χ4v) is 2.04. The van der Waals surface area contributed by atoms with E-state index < -0.39 is 5.60 Å². The van der Waals surface area contributed by atoms with Gasteiger partial charge in [0.15, 0.2) is 0 Å². The van der Waals surface area contributed by atoms with Crippen LogP contribution in [0.2, 0.25) is 0 Å². The average Bonchev–Trinajstić information content (AvgIpc) is 2.20. The highest BCUT2D eigenvalue weighted by atomic mass is 16.6. The van der Waals surface area contributed by atoms with Crippen LogP contribution in [0.1, 0.15) is 45.6 Å². The first-order chi connectivity index (χ1) is 8.87. The van der Waals surface area contributed by atoms with Gasteiger partial charge in [-0.3, -0.25) is 4.90 Å². The Hall–Kier alpha value is -1.58. The number of aromatic nitrogens is 1. The van der Waals surface area contributed by atoms with Gasteiger partial charge >= 0.3 is 6.09 Å². The van der Waals surface area contributed by atoms with Gasteiger partial charge < -0.3 is 4.74 Å². The summed E-state index contributed by atoms with van der Waals surface area (Å²) in [7, 11) is 0. The summed E-state index contributed by atoms with van der Waals surface area (Å²) in [5, 5.41) is 0. The molecule has 0 spiro atoms. The molecule has 1 amide bonds. The van der Waals surface area contributed by atoms with Crippen molar-refractivity contribution in [2.24, 2.45) is 0 Å². The second-order valence-corrected chi connectivity index (χ2v) is 6.13. The summed E-state index contributed by atoms with van der Waals surface area (Å²) in [6.07, 6.45) is 4.65. The second-order valence-electron chi connectivity index (χ2n) is 6.13. The minimum absolute atomic E-state index is 0.226. The first-order valence-electron chi connectivity index (χ1n) is 6.82. The van der Waals surface area contributed by atoms with Gasteiger partial charge in [-0.05, 0) is 64.7 Å². The molecule has 0 radical (unpaired) electrons. The SMILES string of the molecule is Cc1ccnc(N(C(=O)OC(C)(C)C)C2CCC2)c1. The van der Waals surface area contributed by atoms with Crippen molar-refractivity contribution < 1.29 is 9.53 Å². The lowest BCUT2D eigenvalue weighted by Gasteiger charge is -2.37. The summed E-state index contributed by atoms with van der Waals surface area (Å²) in [6, 6.07) is 4.09. The van der Waals surface area contributed by atoms with Crippen molar-refractivity contribution in [3.05, 3.63) is 23.9 Å². The standard InChI is InChI=1S/C15H22N2O2/c1-11-8-9-16-13(10-11)17(12-6-5-7-12)14(18)19-15(2,3)4/h8-10,12H,5-7H2,1-4H3. The molecule has 104 valence electrons. The van der Waals surface area contributed by atoms with Gasteiger partial charge in [0.2, 0.25) is 0 Å². The molecule has 1 fully saturated rings. The van der Waals surface area contributed by atoms with E-state index >= 15 is 0 Å². The summed E-state index contributed by atoms with van der Waals surface area (Å²) in [6.45, 7) is 7.65. The Labute approximate surface area is 114 Å². The average molecular weight is 262 g/mol. The molecular weight excluding hydrogens is 240 g/mol. The molecule has 0 N–H and O–H groups in total. The highest BCUT2D eigenvalue weighted by Crippen LogP contribution is 2.30. The number of anilines is 1. The zero-order valence-corrected chi connectivity index (χ0v) is 12.1. The summed E-state index contributed by atoms with van der Waals surface area (Å²) in [5.41, 5.74) is 0.612. The Morgan fingerprint density at radius 3 is 2.58 bits per heavy atom. The molecule has 0 atom stereocenters. The van der Waals surface area contributed by atoms with Crippen LogP contribution in [0, 0.1) is 6.92 Å². The van der Waals surface area contributed by atoms with Crippen LogP contribution in [-0.2, 0) is 4.74 Å². The van der Waals surface area contributed by atoms with Crippen molar-refractivity contribution in [1.82, 2.24) is 4.98 Å². The lowest BCUT2D eigenvalue weighted by Crippen LogP contribution is -2.47. The lowest BCUT2D eigenvalue weighted by atomic mass is 9.91. The molecule has 0 saturated heterocycles. The van der Waals surface area contributed by atoms with Gasteiger partial charge in [0, 0.05) is 12.2 Å². The van der Waals surface area contributed by atoms with Crippen LogP contribution in [0.4, 0.5) is 10.6 Å². The van der Waals surface area contributed by atoms with Crippen molar-refractivity contribution in [2.75, 3.05) is 4.90 Å². The van der Waals surface area contributed by atoms with Crippen molar-refractivity contribution in [3.63, 3.8) is 0 Å². The van der Waals surface area contributed by atoms with Crippen molar-refractivity contribution in [1.29, 1.82) is 0 Å². The van der Waals surface area contributed by atoms with Crippen molar-refractivity contribution in [2.45, 2.75) is 58.6 Å². The van der Waals surface area contributed by atoms with Crippen LogP contribution in [0.15, 0.2) is 18.3 Å². The monoisotopic (exact) mass is 262 g/mol. The first kappa shape index (κ1) is 13.8. The van der Waals surface area contributed by atoms with E-state index in [-0.39, 0.29) is 12.1 Å². The molecule has 1 saturated carbocycles. The quantitative estimate of drug-likeness (QED) is 0.816. The van der Waals surface area contributed by atoms with E-state index in [1.54, 1.807) is 11.1 Å². The second kappa shape index (κ2) is 5.19. The fourth-order valence-electron chi connectivity index (χ4n) is 2.04. The maximum Gasteiger partial charge on any atom is 0.416 e. The van der Waals surface area contributed by atoms with Gasteiger partial charge in [-0.2, -0.15) is 0 Å². The topological polar surface area (TPSA) is 42.4 Å². The van der Waals surface area contributed by atoms with E-state index in [2.05, 4.69) is 4.98 Å². The molecule has 0 aromatic carbocycles. The Morgan fingerprint density at radius 2 is 2.11 bits per heavy atom. The van der Waals surface area contributed by atoms with Gasteiger partial charge in [0.25, 0.3) is 0 Å². The number of rotatable bonds is 2. The Bertz CT molecular complexity index is 461. The predicted molar refractivity (Wildman–Crippen MR) is 75.3 cm³/mol. The van der Waals surface area contributed by atoms with Crippen LogP contribution >= 0.6 is 0 Å². The molecule has 0 aliphatic heterocycles. The third kappa shape index (κ3) is 3.46. The number of ether oxygens (including phenoxy) is 1. The van der Waals surface area contributed by atoms with Crippen molar-refractivity contribution >= 4 is 11.9 Å². The van der Waals surface area contributed by atoms with E-state index in [0.717, 1.165) is 24.8 Å². The third-order valence-corrected chi connectivity index (χ3v) is 3.18. The van der Waals surface area contributed by atoms with Crippen molar-refractivity contribution in [3.8, 4) is 0 Å². The third-order valence-electron chi connectivity index (χ3n) is 3.18. The van der Waals surface area contributed by atoms with E-state index in [4.69, 9.17) is 4.74 Å². The molecule has 1 heterocycles. The van der Waals surface area contributed by atoms with E-state index in [1.165, 1.54) is 0 Å². The molecule has 2 rings (SSSR count). The van der Waals surface area contributed by atoms with E-state index in [0.29, 0.717) is 5.82 Å². The number of hydrogen-bond acceptors (Lipinski definition) is 3. The number of pyridine rings is 1. The Kier molecular flexibility index (Phi) is 3.78. The maximum absolute atomic E-state index is 12.4. The van der Waals surface area contributed by atoms with E-state index in [1.807, 2.05) is 39.8 Å². The number of hydrogen-bond donors (Lipinski definition) is 0.